The van der Waals surface area contributed by atoms with Gasteiger partial charge in [0.2, 0.25) is 0 Å². The Morgan fingerprint density at radius 3 is 2.48 bits per heavy atom. The van der Waals surface area contributed by atoms with Gasteiger partial charge in [-0.25, -0.2) is 13.4 Å². The van der Waals surface area contributed by atoms with E-state index in [4.69, 9.17) is 0 Å². The molecule has 0 unspecified atom stereocenters. The van der Waals surface area contributed by atoms with Crippen LogP contribution in [-0.2, 0) is 16.4 Å². The molecule has 3 rings (SSSR count). The molecule has 1 aliphatic heterocycles. The molecule has 0 saturated carbocycles. The predicted molar refractivity (Wildman–Crippen MR) is 102 cm³/mol. The number of pyridine rings is 1. The quantitative estimate of drug-likeness (QED) is 0.887. The van der Waals surface area contributed by atoms with Crippen molar-refractivity contribution in [2.45, 2.75) is 31.2 Å². The van der Waals surface area contributed by atoms with Gasteiger partial charge in [0.1, 0.15) is 10.7 Å². The number of nitrogens with zero attached hydrogens (tertiary/aromatic N) is 2. The van der Waals surface area contributed by atoms with E-state index in [0.717, 1.165) is 24.6 Å². The number of hydrogen-bond donors (Lipinski definition) is 1. The van der Waals surface area contributed by atoms with Crippen molar-refractivity contribution in [3.8, 4) is 0 Å². The fraction of sp³-hybridized carbons (Fsp3) is 0.421. The molecule has 2 heterocycles. The van der Waals surface area contributed by atoms with E-state index in [1.165, 1.54) is 24.8 Å². The summed E-state index contributed by atoms with van der Waals surface area (Å²) in [6, 6.07) is 11.7. The first-order valence-electron chi connectivity index (χ1n) is 8.66. The Bertz CT molecular complexity index is 811. The summed E-state index contributed by atoms with van der Waals surface area (Å²) in [5.74, 6) is 1.22. The van der Waals surface area contributed by atoms with Crippen LogP contribution in [0.2, 0.25) is 0 Å². The highest BCUT2D eigenvalue weighted by Crippen LogP contribution is 2.24. The number of piperidine rings is 1. The molecule has 1 aromatic carbocycles. The van der Waals surface area contributed by atoms with E-state index >= 15 is 0 Å². The minimum Gasteiger partial charge on any atom is -0.372 e. The topological polar surface area (TPSA) is 62.3 Å². The number of anilines is 2. The summed E-state index contributed by atoms with van der Waals surface area (Å²) in [5.41, 5.74) is 2.35. The highest BCUT2D eigenvalue weighted by molar-refractivity contribution is 7.90. The third-order valence-corrected chi connectivity index (χ3v) is 5.84. The van der Waals surface area contributed by atoms with Gasteiger partial charge in [0.15, 0.2) is 9.84 Å². The molecule has 1 N–H and O–H groups in total. The molecule has 0 atom stereocenters. The third kappa shape index (κ3) is 4.51. The number of nitrogens with one attached hydrogen (secondary N) is 1. The van der Waals surface area contributed by atoms with Crippen molar-refractivity contribution in [3.63, 3.8) is 0 Å². The Kier molecular flexibility index (Phi) is 5.27. The van der Waals surface area contributed by atoms with E-state index in [-0.39, 0.29) is 4.90 Å². The summed E-state index contributed by atoms with van der Waals surface area (Å²) < 4.78 is 23.6. The van der Waals surface area contributed by atoms with Gasteiger partial charge in [0, 0.05) is 37.8 Å². The second-order valence-electron chi connectivity index (χ2n) is 6.81. The Morgan fingerprint density at radius 2 is 1.84 bits per heavy atom. The van der Waals surface area contributed by atoms with Gasteiger partial charge in [0.05, 0.1) is 0 Å². The summed E-state index contributed by atoms with van der Waals surface area (Å²) in [4.78, 5) is 6.82. The van der Waals surface area contributed by atoms with Crippen LogP contribution in [0.15, 0.2) is 47.5 Å². The first kappa shape index (κ1) is 17.7. The van der Waals surface area contributed by atoms with E-state index in [2.05, 4.69) is 46.4 Å². The van der Waals surface area contributed by atoms with Crippen LogP contribution in [0.25, 0.3) is 0 Å². The number of rotatable bonds is 5. The molecule has 0 amide bonds. The maximum absolute atomic E-state index is 11.8. The van der Waals surface area contributed by atoms with E-state index in [0.29, 0.717) is 12.4 Å². The van der Waals surface area contributed by atoms with Crippen molar-refractivity contribution < 1.29 is 8.42 Å². The number of sulfone groups is 1. The Balaban J connectivity index is 1.65. The molecule has 0 spiro atoms. The van der Waals surface area contributed by atoms with Gasteiger partial charge in [-0.1, -0.05) is 19.1 Å². The zero-order valence-corrected chi connectivity index (χ0v) is 15.6. The summed E-state index contributed by atoms with van der Waals surface area (Å²) in [6.45, 7) is 5.08. The second-order valence-corrected chi connectivity index (χ2v) is 8.80. The lowest BCUT2D eigenvalue weighted by Gasteiger charge is -2.32. The molecule has 1 saturated heterocycles. The average Bonchev–Trinajstić information content (AvgIpc) is 2.61. The molecule has 25 heavy (non-hydrogen) atoms. The Morgan fingerprint density at radius 1 is 1.16 bits per heavy atom. The van der Waals surface area contributed by atoms with Crippen molar-refractivity contribution in [1.29, 1.82) is 0 Å². The minimum atomic E-state index is -3.30. The summed E-state index contributed by atoms with van der Waals surface area (Å²) in [6.07, 6.45) is 5.29. The summed E-state index contributed by atoms with van der Waals surface area (Å²) in [5, 5.41) is 3.14. The number of aromatic nitrogens is 1. The van der Waals surface area contributed by atoms with Crippen molar-refractivity contribution in [1.82, 2.24) is 4.98 Å². The Labute approximate surface area is 150 Å². The van der Waals surface area contributed by atoms with Crippen LogP contribution in [0, 0.1) is 5.92 Å². The van der Waals surface area contributed by atoms with Crippen LogP contribution in [0.5, 0.6) is 0 Å². The zero-order valence-electron chi connectivity index (χ0n) is 14.8. The highest BCUT2D eigenvalue weighted by Gasteiger charge is 2.16. The first-order chi connectivity index (χ1) is 11.9. The molecule has 2 aromatic rings. The van der Waals surface area contributed by atoms with Crippen molar-refractivity contribution >= 4 is 21.3 Å². The molecule has 1 aromatic heterocycles. The van der Waals surface area contributed by atoms with Crippen LogP contribution in [0.1, 0.15) is 25.3 Å². The molecular formula is C19H25N3O2S. The maximum atomic E-state index is 11.8. The third-order valence-electron chi connectivity index (χ3n) is 4.72. The lowest BCUT2D eigenvalue weighted by atomic mass is 9.99. The molecule has 0 radical (unpaired) electrons. The maximum Gasteiger partial charge on any atom is 0.179 e. The predicted octanol–water partition coefficient (Wildman–Crippen LogP) is 3.33. The number of hydrogen-bond acceptors (Lipinski definition) is 5. The highest BCUT2D eigenvalue weighted by atomic mass is 32.2. The standard InChI is InChI=1S/C19H25N3O2S/c1-15-9-12-22(13-10-15)17-7-5-16(6-8-17)14-21-19-18(25(2,23)24)4-3-11-20-19/h3-8,11,15H,9-10,12-14H2,1-2H3,(H,20,21). The monoisotopic (exact) mass is 359 g/mol. The van der Waals surface area contributed by atoms with Crippen LogP contribution in [0.3, 0.4) is 0 Å². The molecule has 134 valence electrons. The minimum absolute atomic E-state index is 0.231. The summed E-state index contributed by atoms with van der Waals surface area (Å²) >= 11 is 0. The smallest absolute Gasteiger partial charge is 0.179 e. The molecule has 6 heteroatoms. The number of benzene rings is 1. The molecule has 1 fully saturated rings. The van der Waals surface area contributed by atoms with Gasteiger partial charge in [-0.3, -0.25) is 0 Å². The normalized spacial score (nSPS) is 16.0. The lowest BCUT2D eigenvalue weighted by Crippen LogP contribution is -2.32. The molecular weight excluding hydrogens is 334 g/mol. The fourth-order valence-electron chi connectivity index (χ4n) is 3.10. The van der Waals surface area contributed by atoms with Crippen molar-refractivity contribution in [2.75, 3.05) is 29.6 Å². The van der Waals surface area contributed by atoms with Crippen LogP contribution < -0.4 is 10.2 Å². The van der Waals surface area contributed by atoms with E-state index in [1.807, 2.05) is 0 Å². The van der Waals surface area contributed by atoms with Gasteiger partial charge >= 0.3 is 0 Å². The van der Waals surface area contributed by atoms with Gasteiger partial charge in [-0.2, -0.15) is 0 Å². The fourth-order valence-corrected chi connectivity index (χ4v) is 3.90. The second kappa shape index (κ2) is 7.44. The zero-order chi connectivity index (χ0) is 17.9. The van der Waals surface area contributed by atoms with Crippen molar-refractivity contribution in [2.24, 2.45) is 5.92 Å². The summed E-state index contributed by atoms with van der Waals surface area (Å²) in [7, 11) is -3.30. The van der Waals surface area contributed by atoms with Crippen LogP contribution >= 0.6 is 0 Å². The molecule has 5 nitrogen and oxygen atoms in total. The van der Waals surface area contributed by atoms with Crippen LogP contribution in [0.4, 0.5) is 11.5 Å². The molecule has 0 aliphatic carbocycles. The molecule has 0 bridgehead atoms. The Hall–Kier alpha value is -2.08. The van der Waals surface area contributed by atoms with Gasteiger partial charge in [-0.15, -0.1) is 0 Å². The lowest BCUT2D eigenvalue weighted by molar-refractivity contribution is 0.438. The van der Waals surface area contributed by atoms with E-state index < -0.39 is 9.84 Å². The largest absolute Gasteiger partial charge is 0.372 e. The van der Waals surface area contributed by atoms with E-state index in [1.54, 1.807) is 18.3 Å². The SMILES string of the molecule is CC1CCN(c2ccc(CNc3ncccc3S(C)(=O)=O)cc2)CC1. The van der Waals surface area contributed by atoms with Crippen molar-refractivity contribution in [3.05, 3.63) is 48.2 Å². The van der Waals surface area contributed by atoms with Gasteiger partial charge < -0.3 is 10.2 Å². The van der Waals surface area contributed by atoms with E-state index in [9.17, 15) is 8.42 Å². The first-order valence-corrected chi connectivity index (χ1v) is 10.6. The van der Waals surface area contributed by atoms with Gasteiger partial charge in [-0.05, 0) is 48.6 Å². The average molecular weight is 359 g/mol. The molecule has 1 aliphatic rings. The van der Waals surface area contributed by atoms with Crippen LogP contribution in [-0.4, -0.2) is 32.7 Å². The van der Waals surface area contributed by atoms with Gasteiger partial charge in [0.25, 0.3) is 0 Å².